The molecular weight excluding hydrogens is 206 g/mol. The minimum Gasteiger partial charge on any atom is -0.462 e. The Morgan fingerprint density at radius 1 is 1.31 bits per heavy atom. The lowest BCUT2D eigenvalue weighted by molar-refractivity contribution is -0.140. The summed E-state index contributed by atoms with van der Waals surface area (Å²) in [6.45, 7) is 5.88. The van der Waals surface area contributed by atoms with Gasteiger partial charge in [0.25, 0.3) is 0 Å². The molecule has 0 aromatic heterocycles. The summed E-state index contributed by atoms with van der Waals surface area (Å²) in [4.78, 5) is 25.0. The van der Waals surface area contributed by atoms with Gasteiger partial charge in [0.15, 0.2) is 5.78 Å². The fourth-order valence-corrected chi connectivity index (χ4v) is 1.19. The van der Waals surface area contributed by atoms with Crippen molar-refractivity contribution in [3.05, 3.63) is 11.8 Å². The predicted molar refractivity (Wildman–Crippen MR) is 62.9 cm³/mol. The normalized spacial score (nSPS) is 11.5. The molecule has 0 aliphatic heterocycles. The zero-order valence-corrected chi connectivity index (χ0v) is 10.7. The number of ketones is 1. The summed E-state index contributed by atoms with van der Waals surface area (Å²) in [6.07, 6.45) is 1.88. The van der Waals surface area contributed by atoms with Gasteiger partial charge in [-0.2, -0.15) is 0 Å². The second kappa shape index (κ2) is 7.04. The molecule has 0 fully saturated rings. The molecule has 0 unspecified atom stereocenters. The monoisotopic (exact) mass is 227 g/mol. The standard InChI is InChI=1S/C12H21NO3/c1-6-16-12(15)10(8-13(4)5)11(14)7-9(2)3/h8-9H,6-7H2,1-5H3. The largest absolute Gasteiger partial charge is 0.462 e. The minimum atomic E-state index is -0.540. The zero-order chi connectivity index (χ0) is 12.7. The highest BCUT2D eigenvalue weighted by Crippen LogP contribution is 2.10. The van der Waals surface area contributed by atoms with Gasteiger partial charge in [-0.3, -0.25) is 4.79 Å². The number of carbonyl (C=O) groups is 2. The van der Waals surface area contributed by atoms with E-state index >= 15 is 0 Å². The van der Waals surface area contributed by atoms with Crippen LogP contribution in [0, 0.1) is 5.92 Å². The maximum atomic E-state index is 11.8. The van der Waals surface area contributed by atoms with E-state index in [9.17, 15) is 9.59 Å². The summed E-state index contributed by atoms with van der Waals surface area (Å²) in [5.74, 6) is -0.475. The molecule has 0 aliphatic carbocycles. The van der Waals surface area contributed by atoms with Gasteiger partial charge in [0.1, 0.15) is 5.57 Å². The molecule has 0 saturated heterocycles. The SMILES string of the molecule is CCOC(=O)C(=CN(C)C)C(=O)CC(C)C. The number of carbonyl (C=O) groups excluding carboxylic acids is 2. The van der Waals surface area contributed by atoms with E-state index in [4.69, 9.17) is 4.74 Å². The van der Waals surface area contributed by atoms with Crippen LogP contribution in [-0.2, 0) is 14.3 Å². The van der Waals surface area contributed by atoms with Gasteiger partial charge in [0.05, 0.1) is 6.61 Å². The van der Waals surface area contributed by atoms with E-state index in [2.05, 4.69) is 0 Å². The fourth-order valence-electron chi connectivity index (χ4n) is 1.19. The first-order valence-corrected chi connectivity index (χ1v) is 5.47. The molecule has 0 amide bonds. The molecule has 16 heavy (non-hydrogen) atoms. The Bertz CT molecular complexity index is 280. The van der Waals surface area contributed by atoms with Crippen LogP contribution in [0.1, 0.15) is 27.2 Å². The van der Waals surface area contributed by atoms with Crippen molar-refractivity contribution in [3.63, 3.8) is 0 Å². The molecule has 0 N–H and O–H groups in total. The summed E-state index contributed by atoms with van der Waals surface area (Å²) in [5, 5.41) is 0. The van der Waals surface area contributed by atoms with Gasteiger partial charge < -0.3 is 9.64 Å². The molecular formula is C12H21NO3. The fraction of sp³-hybridized carbons (Fsp3) is 0.667. The second-order valence-corrected chi connectivity index (χ2v) is 4.25. The van der Waals surface area contributed by atoms with Crippen molar-refractivity contribution in [1.29, 1.82) is 0 Å². The van der Waals surface area contributed by atoms with Gasteiger partial charge in [-0.1, -0.05) is 13.8 Å². The predicted octanol–water partition coefficient (Wildman–Crippen LogP) is 1.61. The highest BCUT2D eigenvalue weighted by molar-refractivity contribution is 6.17. The molecule has 4 nitrogen and oxygen atoms in total. The Balaban J connectivity index is 4.81. The molecule has 0 heterocycles. The maximum Gasteiger partial charge on any atom is 0.343 e. The summed E-state index contributed by atoms with van der Waals surface area (Å²) in [7, 11) is 3.53. The van der Waals surface area contributed by atoms with Crippen LogP contribution in [0.3, 0.4) is 0 Å². The van der Waals surface area contributed by atoms with Crippen LogP contribution >= 0.6 is 0 Å². The lowest BCUT2D eigenvalue weighted by atomic mass is 10.0. The lowest BCUT2D eigenvalue weighted by Crippen LogP contribution is -2.20. The van der Waals surface area contributed by atoms with Gasteiger partial charge in [0.2, 0.25) is 0 Å². The highest BCUT2D eigenvalue weighted by Gasteiger charge is 2.20. The van der Waals surface area contributed by atoms with Gasteiger partial charge in [-0.05, 0) is 12.8 Å². The number of Topliss-reactive ketones (excluding diaryl/α,β-unsaturated/α-hetero) is 1. The van der Waals surface area contributed by atoms with Crippen LogP contribution in [0.15, 0.2) is 11.8 Å². The van der Waals surface area contributed by atoms with Crippen molar-refractivity contribution in [3.8, 4) is 0 Å². The Morgan fingerprint density at radius 3 is 2.25 bits per heavy atom. The average molecular weight is 227 g/mol. The van der Waals surface area contributed by atoms with Gasteiger partial charge >= 0.3 is 5.97 Å². The first kappa shape index (κ1) is 14.7. The van der Waals surface area contributed by atoms with Crippen LogP contribution in [0.4, 0.5) is 0 Å². The Morgan fingerprint density at radius 2 is 1.88 bits per heavy atom. The molecule has 92 valence electrons. The first-order chi connectivity index (χ1) is 7.38. The Labute approximate surface area is 97.3 Å². The highest BCUT2D eigenvalue weighted by atomic mass is 16.5. The lowest BCUT2D eigenvalue weighted by Gasteiger charge is -2.11. The van der Waals surface area contributed by atoms with E-state index in [1.165, 1.54) is 6.20 Å². The molecule has 0 atom stereocenters. The van der Waals surface area contributed by atoms with Crippen LogP contribution in [-0.4, -0.2) is 37.4 Å². The smallest absolute Gasteiger partial charge is 0.343 e. The quantitative estimate of drug-likeness (QED) is 0.299. The summed E-state index contributed by atoms with van der Waals surface area (Å²) in [5.41, 5.74) is 0.126. The summed E-state index contributed by atoms with van der Waals surface area (Å²) >= 11 is 0. The van der Waals surface area contributed by atoms with Crippen LogP contribution in [0.25, 0.3) is 0 Å². The van der Waals surface area contributed by atoms with E-state index in [0.717, 1.165) is 0 Å². The van der Waals surface area contributed by atoms with Crippen molar-refractivity contribution in [1.82, 2.24) is 4.90 Å². The first-order valence-electron chi connectivity index (χ1n) is 5.47. The molecule has 0 rings (SSSR count). The second-order valence-electron chi connectivity index (χ2n) is 4.25. The average Bonchev–Trinajstić information content (AvgIpc) is 2.12. The molecule has 0 aliphatic rings. The van der Waals surface area contributed by atoms with Gasteiger partial charge in [0, 0.05) is 26.7 Å². The van der Waals surface area contributed by atoms with Crippen molar-refractivity contribution < 1.29 is 14.3 Å². The van der Waals surface area contributed by atoms with E-state index in [-0.39, 0.29) is 23.9 Å². The third-order valence-electron chi connectivity index (χ3n) is 1.78. The third kappa shape index (κ3) is 5.53. The topological polar surface area (TPSA) is 46.6 Å². The van der Waals surface area contributed by atoms with Gasteiger partial charge in [-0.15, -0.1) is 0 Å². The van der Waals surface area contributed by atoms with E-state index in [1.807, 2.05) is 13.8 Å². The molecule has 0 bridgehead atoms. The minimum absolute atomic E-state index is 0.126. The molecule has 0 aromatic carbocycles. The van der Waals surface area contributed by atoms with Crippen molar-refractivity contribution in [2.24, 2.45) is 5.92 Å². The number of hydrogen-bond acceptors (Lipinski definition) is 4. The van der Waals surface area contributed by atoms with Crippen molar-refractivity contribution >= 4 is 11.8 Å². The Kier molecular flexibility index (Phi) is 6.46. The third-order valence-corrected chi connectivity index (χ3v) is 1.78. The molecule has 0 spiro atoms. The maximum absolute atomic E-state index is 11.8. The summed E-state index contributed by atoms with van der Waals surface area (Å²) in [6, 6.07) is 0. The number of hydrogen-bond donors (Lipinski definition) is 0. The van der Waals surface area contributed by atoms with Crippen molar-refractivity contribution in [2.75, 3.05) is 20.7 Å². The molecule has 0 radical (unpaired) electrons. The van der Waals surface area contributed by atoms with E-state index in [0.29, 0.717) is 6.42 Å². The van der Waals surface area contributed by atoms with E-state index in [1.54, 1.807) is 25.9 Å². The van der Waals surface area contributed by atoms with Gasteiger partial charge in [-0.25, -0.2) is 4.79 Å². The number of nitrogens with zero attached hydrogens (tertiary/aromatic N) is 1. The van der Waals surface area contributed by atoms with Crippen LogP contribution in [0.2, 0.25) is 0 Å². The van der Waals surface area contributed by atoms with Crippen LogP contribution in [0.5, 0.6) is 0 Å². The summed E-state index contributed by atoms with van der Waals surface area (Å²) < 4.78 is 4.85. The number of rotatable bonds is 6. The van der Waals surface area contributed by atoms with Crippen LogP contribution < -0.4 is 0 Å². The number of ether oxygens (including phenoxy) is 1. The number of esters is 1. The van der Waals surface area contributed by atoms with E-state index < -0.39 is 5.97 Å². The Hall–Kier alpha value is -1.32. The molecule has 4 heteroatoms. The molecule has 0 saturated carbocycles. The zero-order valence-electron chi connectivity index (χ0n) is 10.7. The molecule has 0 aromatic rings. The van der Waals surface area contributed by atoms with Crippen molar-refractivity contribution in [2.45, 2.75) is 27.2 Å².